The molecule has 2 rings (SSSR count). The minimum Gasteiger partial charge on any atom is -0.481 e. The van der Waals surface area contributed by atoms with Crippen molar-refractivity contribution in [2.24, 2.45) is 7.05 Å². The summed E-state index contributed by atoms with van der Waals surface area (Å²) >= 11 is 0. The van der Waals surface area contributed by atoms with Crippen molar-refractivity contribution in [3.8, 4) is 11.9 Å². The first-order valence-electron chi connectivity index (χ1n) is 6.38. The Balaban J connectivity index is 2.15. The summed E-state index contributed by atoms with van der Waals surface area (Å²) in [4.78, 5) is 4.02. The zero-order valence-corrected chi connectivity index (χ0v) is 11.8. The lowest BCUT2D eigenvalue weighted by molar-refractivity contribution is 0.370. The fourth-order valence-electron chi connectivity index (χ4n) is 2.08. The molecule has 0 bridgehead atoms. The molecule has 2 aromatic heterocycles. The minimum absolute atomic E-state index is 0.406. The van der Waals surface area contributed by atoms with Crippen LogP contribution < -0.4 is 10.1 Å². The Morgan fingerprint density at radius 1 is 1.45 bits per heavy atom. The Morgan fingerprint density at radius 2 is 2.25 bits per heavy atom. The van der Waals surface area contributed by atoms with Gasteiger partial charge in [-0.25, -0.2) is 9.67 Å². The van der Waals surface area contributed by atoms with E-state index in [1.807, 2.05) is 19.2 Å². The number of rotatable bonds is 5. The number of hydrogen-bond donors (Lipinski definition) is 1. The van der Waals surface area contributed by atoms with E-state index >= 15 is 0 Å². The molecule has 1 N–H and O–H groups in total. The highest BCUT2D eigenvalue weighted by Gasteiger charge is 2.15. The second-order valence-electron chi connectivity index (χ2n) is 4.31. The topological polar surface area (TPSA) is 75.8 Å². The average molecular weight is 271 g/mol. The summed E-state index contributed by atoms with van der Waals surface area (Å²) in [7, 11) is 3.51. The standard InChI is InChI=1S/C14H17N5O/c1-4-13-12(14(20-3)19(2)18-13)9-17-11-6-5-10(7-15)16-8-11/h5-6,8,17H,4,9H2,1-3H3. The van der Waals surface area contributed by atoms with Crippen molar-refractivity contribution in [1.82, 2.24) is 14.8 Å². The van der Waals surface area contributed by atoms with Gasteiger partial charge in [0.25, 0.3) is 0 Å². The molecular formula is C14H17N5O. The van der Waals surface area contributed by atoms with Crippen molar-refractivity contribution in [3.63, 3.8) is 0 Å². The first kappa shape index (κ1) is 13.9. The molecule has 0 radical (unpaired) electrons. The van der Waals surface area contributed by atoms with Gasteiger partial charge in [-0.3, -0.25) is 0 Å². The highest BCUT2D eigenvalue weighted by molar-refractivity contribution is 5.45. The zero-order chi connectivity index (χ0) is 14.5. The predicted octanol–water partition coefficient (Wildman–Crippen LogP) is 1.87. The molecule has 0 aliphatic rings. The Bertz CT molecular complexity index is 624. The average Bonchev–Trinajstić information content (AvgIpc) is 2.80. The zero-order valence-electron chi connectivity index (χ0n) is 11.8. The van der Waals surface area contributed by atoms with E-state index in [1.165, 1.54) is 0 Å². The lowest BCUT2D eigenvalue weighted by Gasteiger charge is -2.08. The Morgan fingerprint density at radius 3 is 2.80 bits per heavy atom. The number of nitrogens with one attached hydrogen (secondary N) is 1. The molecular weight excluding hydrogens is 254 g/mol. The lowest BCUT2D eigenvalue weighted by Crippen LogP contribution is -2.04. The van der Waals surface area contributed by atoms with Gasteiger partial charge in [-0.15, -0.1) is 0 Å². The second kappa shape index (κ2) is 6.06. The molecule has 6 nitrogen and oxygen atoms in total. The molecule has 20 heavy (non-hydrogen) atoms. The first-order valence-corrected chi connectivity index (χ1v) is 6.38. The molecule has 0 saturated heterocycles. The van der Waals surface area contributed by atoms with Crippen molar-refractivity contribution < 1.29 is 4.74 Å². The summed E-state index contributed by atoms with van der Waals surface area (Å²) in [6.45, 7) is 2.67. The van der Waals surface area contributed by atoms with E-state index in [2.05, 4.69) is 22.3 Å². The molecule has 2 heterocycles. The van der Waals surface area contributed by atoms with Crippen LogP contribution in [-0.4, -0.2) is 21.9 Å². The Hall–Kier alpha value is -2.55. The quantitative estimate of drug-likeness (QED) is 0.898. The molecule has 6 heteroatoms. The number of pyridine rings is 1. The van der Waals surface area contributed by atoms with Gasteiger partial charge in [0.15, 0.2) is 0 Å². The normalized spacial score (nSPS) is 10.1. The number of anilines is 1. The highest BCUT2D eigenvalue weighted by Crippen LogP contribution is 2.23. The molecule has 0 unspecified atom stereocenters. The first-order chi connectivity index (χ1) is 9.69. The molecule has 0 aliphatic carbocycles. The third kappa shape index (κ3) is 2.72. The van der Waals surface area contributed by atoms with Crippen LogP contribution in [0.4, 0.5) is 5.69 Å². The summed E-state index contributed by atoms with van der Waals surface area (Å²) in [6, 6.07) is 5.51. The van der Waals surface area contributed by atoms with E-state index in [4.69, 9.17) is 10.00 Å². The van der Waals surface area contributed by atoms with Gasteiger partial charge in [0.05, 0.1) is 30.3 Å². The Kier molecular flexibility index (Phi) is 4.20. The van der Waals surface area contributed by atoms with Crippen LogP contribution in [0.15, 0.2) is 18.3 Å². The van der Waals surface area contributed by atoms with Gasteiger partial charge >= 0.3 is 0 Å². The van der Waals surface area contributed by atoms with E-state index in [1.54, 1.807) is 24.1 Å². The van der Waals surface area contributed by atoms with Crippen LogP contribution in [0.5, 0.6) is 5.88 Å². The van der Waals surface area contributed by atoms with Crippen molar-refractivity contribution in [1.29, 1.82) is 5.26 Å². The van der Waals surface area contributed by atoms with Gasteiger partial charge in [-0.1, -0.05) is 6.92 Å². The van der Waals surface area contributed by atoms with Crippen LogP contribution in [0, 0.1) is 11.3 Å². The molecule has 0 amide bonds. The number of nitriles is 1. The van der Waals surface area contributed by atoms with Gasteiger partial charge < -0.3 is 10.1 Å². The van der Waals surface area contributed by atoms with Crippen molar-refractivity contribution >= 4 is 5.69 Å². The number of aromatic nitrogens is 3. The van der Waals surface area contributed by atoms with Crippen molar-refractivity contribution in [3.05, 3.63) is 35.3 Å². The van der Waals surface area contributed by atoms with E-state index < -0.39 is 0 Å². The molecule has 104 valence electrons. The van der Waals surface area contributed by atoms with E-state index in [9.17, 15) is 0 Å². The summed E-state index contributed by atoms with van der Waals surface area (Å²) in [6.07, 6.45) is 2.49. The SMILES string of the molecule is CCc1nn(C)c(OC)c1CNc1ccc(C#N)nc1. The van der Waals surface area contributed by atoms with Crippen LogP contribution in [0.2, 0.25) is 0 Å². The number of nitrogens with zero attached hydrogens (tertiary/aromatic N) is 4. The summed E-state index contributed by atoms with van der Waals surface area (Å²) < 4.78 is 7.13. The van der Waals surface area contributed by atoms with Crippen LogP contribution in [0.1, 0.15) is 23.9 Å². The Labute approximate surface area is 118 Å². The van der Waals surface area contributed by atoms with Crippen molar-refractivity contribution in [2.75, 3.05) is 12.4 Å². The molecule has 0 aromatic carbocycles. The molecule has 0 aliphatic heterocycles. The smallest absolute Gasteiger partial charge is 0.216 e. The molecule has 0 spiro atoms. The fraction of sp³-hybridized carbons (Fsp3) is 0.357. The molecule has 2 aromatic rings. The van der Waals surface area contributed by atoms with Crippen molar-refractivity contribution in [2.45, 2.75) is 19.9 Å². The summed E-state index contributed by atoms with van der Waals surface area (Å²) in [5.74, 6) is 0.760. The lowest BCUT2D eigenvalue weighted by atomic mass is 10.2. The third-order valence-corrected chi connectivity index (χ3v) is 3.05. The van der Waals surface area contributed by atoms with Gasteiger partial charge in [0.1, 0.15) is 11.8 Å². The van der Waals surface area contributed by atoms with Gasteiger partial charge in [0, 0.05) is 13.6 Å². The monoisotopic (exact) mass is 271 g/mol. The number of ether oxygens (including phenoxy) is 1. The highest BCUT2D eigenvalue weighted by atomic mass is 16.5. The molecule has 0 saturated carbocycles. The second-order valence-corrected chi connectivity index (χ2v) is 4.31. The predicted molar refractivity (Wildman–Crippen MR) is 75.4 cm³/mol. The van der Waals surface area contributed by atoms with E-state index in [-0.39, 0.29) is 0 Å². The minimum atomic E-state index is 0.406. The van der Waals surface area contributed by atoms with Crippen LogP contribution >= 0.6 is 0 Å². The third-order valence-electron chi connectivity index (χ3n) is 3.05. The fourth-order valence-corrected chi connectivity index (χ4v) is 2.08. The maximum Gasteiger partial charge on any atom is 0.216 e. The maximum atomic E-state index is 8.72. The van der Waals surface area contributed by atoms with Gasteiger partial charge in [0.2, 0.25) is 5.88 Å². The van der Waals surface area contributed by atoms with Crippen LogP contribution in [-0.2, 0) is 20.0 Å². The van der Waals surface area contributed by atoms with E-state index in [0.29, 0.717) is 12.2 Å². The molecule has 0 atom stereocenters. The molecule has 0 fully saturated rings. The number of methoxy groups -OCH3 is 1. The van der Waals surface area contributed by atoms with E-state index in [0.717, 1.165) is 29.2 Å². The number of aryl methyl sites for hydroxylation is 2. The maximum absolute atomic E-state index is 8.72. The van der Waals surface area contributed by atoms with Gasteiger partial charge in [-0.2, -0.15) is 10.4 Å². The largest absolute Gasteiger partial charge is 0.481 e. The van der Waals surface area contributed by atoms with Gasteiger partial charge in [-0.05, 0) is 18.6 Å². The number of hydrogen-bond acceptors (Lipinski definition) is 5. The summed E-state index contributed by atoms with van der Waals surface area (Å²) in [5, 5.41) is 16.4. The summed E-state index contributed by atoms with van der Waals surface area (Å²) in [5.41, 5.74) is 3.32. The van der Waals surface area contributed by atoms with Crippen LogP contribution in [0.25, 0.3) is 0 Å². The van der Waals surface area contributed by atoms with Crippen LogP contribution in [0.3, 0.4) is 0 Å².